The predicted octanol–water partition coefficient (Wildman–Crippen LogP) is 4.24. The molecule has 2 aromatic carbocycles. The van der Waals surface area contributed by atoms with Crippen LogP contribution in [0.1, 0.15) is 17.4 Å². The van der Waals surface area contributed by atoms with Gasteiger partial charge in [0, 0.05) is 17.2 Å². The van der Waals surface area contributed by atoms with Crippen LogP contribution in [0.3, 0.4) is 0 Å². The average molecular weight is 343 g/mol. The molecule has 0 amide bonds. The van der Waals surface area contributed by atoms with E-state index in [2.05, 4.69) is 4.98 Å². The lowest BCUT2D eigenvalue weighted by molar-refractivity contribution is 0.0519. The molecule has 5 heteroatoms. The zero-order valence-electron chi connectivity index (χ0n) is 14.3. The van der Waals surface area contributed by atoms with Crippen LogP contribution in [0.5, 0.6) is 0 Å². The predicted molar refractivity (Wildman–Crippen MR) is 99.8 cm³/mol. The number of hydrogen-bond acceptors (Lipinski definition) is 4. The van der Waals surface area contributed by atoms with E-state index < -0.39 is 5.97 Å². The van der Waals surface area contributed by atoms with Crippen molar-refractivity contribution in [2.45, 2.75) is 6.92 Å². The minimum Gasteiger partial charge on any atom is -0.461 e. The van der Waals surface area contributed by atoms with E-state index in [1.54, 1.807) is 17.5 Å². The van der Waals surface area contributed by atoms with Crippen molar-refractivity contribution in [1.29, 1.82) is 0 Å². The lowest BCUT2D eigenvalue weighted by Crippen LogP contribution is -2.09. The Balaban J connectivity index is 1.94. The molecule has 0 aliphatic rings. The van der Waals surface area contributed by atoms with Crippen molar-refractivity contribution in [3.8, 4) is 22.5 Å². The molecule has 0 saturated carbocycles. The molecule has 0 atom stereocenters. The van der Waals surface area contributed by atoms with Gasteiger partial charge in [0.25, 0.3) is 0 Å². The molecule has 128 valence electrons. The van der Waals surface area contributed by atoms with Crippen LogP contribution in [0.25, 0.3) is 28.2 Å². The van der Waals surface area contributed by atoms with Gasteiger partial charge in [0.1, 0.15) is 0 Å². The van der Waals surface area contributed by atoms with Crippen molar-refractivity contribution in [3.63, 3.8) is 0 Å². The number of ether oxygens (including phenoxy) is 1. The zero-order chi connectivity index (χ0) is 17.9. The van der Waals surface area contributed by atoms with Crippen molar-refractivity contribution in [3.05, 3.63) is 78.5 Å². The second kappa shape index (κ2) is 6.80. The fourth-order valence-corrected chi connectivity index (χ4v) is 2.85. The van der Waals surface area contributed by atoms with Crippen LogP contribution < -0.4 is 0 Å². The quantitative estimate of drug-likeness (QED) is 0.520. The minimum absolute atomic E-state index is 0.276. The molecule has 0 spiro atoms. The molecule has 2 heterocycles. The van der Waals surface area contributed by atoms with Gasteiger partial charge >= 0.3 is 5.97 Å². The normalized spacial score (nSPS) is 10.8. The van der Waals surface area contributed by atoms with Crippen LogP contribution in [-0.2, 0) is 4.74 Å². The monoisotopic (exact) mass is 343 g/mol. The van der Waals surface area contributed by atoms with Crippen molar-refractivity contribution >= 4 is 11.6 Å². The molecule has 0 aliphatic heterocycles. The van der Waals surface area contributed by atoms with E-state index >= 15 is 0 Å². The molecule has 5 nitrogen and oxygen atoms in total. The van der Waals surface area contributed by atoms with Crippen molar-refractivity contribution in [2.75, 3.05) is 6.61 Å². The largest absolute Gasteiger partial charge is 0.461 e. The second-order valence-electron chi connectivity index (χ2n) is 5.78. The highest BCUT2D eigenvalue weighted by Crippen LogP contribution is 2.25. The van der Waals surface area contributed by atoms with Gasteiger partial charge < -0.3 is 4.74 Å². The standard InChI is InChI=1S/C21H17N3O2/c1-2-26-21(25)18-13-19(16-11-7-4-8-12-16)24-20(22-18)14-17(23-24)15-9-5-3-6-10-15/h3-14H,2H2,1H3. The fourth-order valence-electron chi connectivity index (χ4n) is 2.85. The van der Waals surface area contributed by atoms with Gasteiger partial charge in [-0.15, -0.1) is 0 Å². The molecule has 0 fully saturated rings. The van der Waals surface area contributed by atoms with Gasteiger partial charge in [0.15, 0.2) is 11.3 Å². The third-order valence-electron chi connectivity index (χ3n) is 4.05. The molecule has 0 unspecified atom stereocenters. The number of carbonyl (C=O) groups is 1. The summed E-state index contributed by atoms with van der Waals surface area (Å²) >= 11 is 0. The smallest absolute Gasteiger partial charge is 0.357 e. The Labute approximate surface area is 150 Å². The molecular weight excluding hydrogens is 326 g/mol. The number of nitrogens with zero attached hydrogens (tertiary/aromatic N) is 3. The fraction of sp³-hybridized carbons (Fsp3) is 0.0952. The maximum Gasteiger partial charge on any atom is 0.357 e. The van der Waals surface area contributed by atoms with Gasteiger partial charge in [-0.3, -0.25) is 0 Å². The Morgan fingerprint density at radius 3 is 2.27 bits per heavy atom. The number of aromatic nitrogens is 3. The summed E-state index contributed by atoms with van der Waals surface area (Å²) in [5, 5.41) is 4.71. The summed E-state index contributed by atoms with van der Waals surface area (Å²) in [5.74, 6) is -0.436. The molecule has 0 radical (unpaired) electrons. The number of esters is 1. The first-order valence-corrected chi connectivity index (χ1v) is 8.45. The molecule has 2 aromatic heterocycles. The summed E-state index contributed by atoms with van der Waals surface area (Å²) < 4.78 is 6.89. The van der Waals surface area contributed by atoms with E-state index in [1.165, 1.54) is 0 Å². The van der Waals surface area contributed by atoms with Crippen LogP contribution in [0.4, 0.5) is 0 Å². The summed E-state index contributed by atoms with van der Waals surface area (Å²) in [6, 6.07) is 23.3. The van der Waals surface area contributed by atoms with Gasteiger partial charge in [0.2, 0.25) is 0 Å². The third kappa shape index (κ3) is 2.95. The highest BCUT2D eigenvalue weighted by atomic mass is 16.5. The molecular formula is C21H17N3O2. The summed E-state index contributed by atoms with van der Waals surface area (Å²) in [4.78, 5) is 16.7. The number of carbonyl (C=O) groups excluding carboxylic acids is 1. The Kier molecular flexibility index (Phi) is 4.19. The van der Waals surface area contributed by atoms with Crippen molar-refractivity contribution in [2.24, 2.45) is 0 Å². The van der Waals surface area contributed by atoms with Crippen LogP contribution in [0.15, 0.2) is 72.8 Å². The van der Waals surface area contributed by atoms with Crippen LogP contribution >= 0.6 is 0 Å². The zero-order valence-corrected chi connectivity index (χ0v) is 14.3. The van der Waals surface area contributed by atoms with Gasteiger partial charge in [-0.25, -0.2) is 14.3 Å². The Hall–Kier alpha value is -3.47. The molecule has 0 bridgehead atoms. The van der Waals surface area contributed by atoms with Gasteiger partial charge in [-0.2, -0.15) is 5.10 Å². The SMILES string of the molecule is CCOC(=O)c1cc(-c2ccccc2)n2nc(-c3ccccc3)cc2n1. The first-order valence-electron chi connectivity index (χ1n) is 8.45. The van der Waals surface area contributed by atoms with Gasteiger partial charge in [0.05, 0.1) is 18.0 Å². The Morgan fingerprint density at radius 1 is 0.962 bits per heavy atom. The molecule has 0 saturated heterocycles. The van der Waals surface area contributed by atoms with E-state index in [0.29, 0.717) is 12.3 Å². The molecule has 4 aromatic rings. The Bertz CT molecular complexity index is 1060. The van der Waals surface area contributed by atoms with E-state index in [9.17, 15) is 4.79 Å². The summed E-state index contributed by atoms with van der Waals surface area (Å²) in [6.07, 6.45) is 0. The summed E-state index contributed by atoms with van der Waals surface area (Å²) in [6.45, 7) is 2.09. The number of fused-ring (bicyclic) bond motifs is 1. The molecule has 4 rings (SSSR count). The van der Waals surface area contributed by atoms with Crippen LogP contribution in [0, 0.1) is 0 Å². The van der Waals surface area contributed by atoms with Gasteiger partial charge in [-0.1, -0.05) is 60.7 Å². The third-order valence-corrected chi connectivity index (χ3v) is 4.05. The van der Waals surface area contributed by atoms with Crippen LogP contribution in [-0.4, -0.2) is 27.2 Å². The van der Waals surface area contributed by atoms with Crippen LogP contribution in [0.2, 0.25) is 0 Å². The topological polar surface area (TPSA) is 56.5 Å². The van der Waals surface area contributed by atoms with E-state index in [1.807, 2.05) is 66.7 Å². The number of hydrogen-bond donors (Lipinski definition) is 0. The maximum atomic E-state index is 12.2. The van der Waals surface area contributed by atoms with E-state index in [0.717, 1.165) is 22.5 Å². The second-order valence-corrected chi connectivity index (χ2v) is 5.78. The average Bonchev–Trinajstić information content (AvgIpc) is 3.13. The Morgan fingerprint density at radius 2 is 1.62 bits per heavy atom. The molecule has 0 aliphatic carbocycles. The number of rotatable bonds is 4. The first kappa shape index (κ1) is 16.0. The highest BCUT2D eigenvalue weighted by Gasteiger charge is 2.16. The maximum absolute atomic E-state index is 12.2. The number of benzene rings is 2. The van der Waals surface area contributed by atoms with Crippen molar-refractivity contribution < 1.29 is 9.53 Å². The highest BCUT2D eigenvalue weighted by molar-refractivity contribution is 5.89. The summed E-state index contributed by atoms with van der Waals surface area (Å²) in [5.41, 5.74) is 4.42. The lowest BCUT2D eigenvalue weighted by Gasteiger charge is -2.07. The summed E-state index contributed by atoms with van der Waals surface area (Å²) in [7, 11) is 0. The van der Waals surface area contributed by atoms with Gasteiger partial charge in [-0.05, 0) is 13.0 Å². The first-order chi connectivity index (χ1) is 12.8. The van der Waals surface area contributed by atoms with E-state index in [4.69, 9.17) is 9.84 Å². The van der Waals surface area contributed by atoms with E-state index in [-0.39, 0.29) is 5.69 Å². The molecule has 0 N–H and O–H groups in total. The minimum atomic E-state index is -0.436. The lowest BCUT2D eigenvalue weighted by atomic mass is 10.1. The molecule has 26 heavy (non-hydrogen) atoms. The van der Waals surface area contributed by atoms with Crippen molar-refractivity contribution in [1.82, 2.24) is 14.6 Å².